The van der Waals surface area contributed by atoms with Crippen LogP contribution < -0.4 is 21.8 Å². The molecule has 2 bridgehead atoms. The van der Waals surface area contributed by atoms with Crippen LogP contribution in [0.25, 0.3) is 0 Å². The predicted molar refractivity (Wildman–Crippen MR) is 59.1 cm³/mol. The summed E-state index contributed by atoms with van der Waals surface area (Å²) in [6.07, 6.45) is 1.79. The SMILES string of the molecule is NCCCON[NH+]([O-])[C@@H]1CC[C@@H]2CN1C(=O)N2. The summed E-state index contributed by atoms with van der Waals surface area (Å²) in [5.74, 6) is 0. The van der Waals surface area contributed by atoms with Crippen molar-refractivity contribution < 1.29 is 14.8 Å². The summed E-state index contributed by atoms with van der Waals surface area (Å²) in [7, 11) is 0. The third kappa shape index (κ3) is 2.85. The Bertz CT molecular complexity index is 277. The van der Waals surface area contributed by atoms with Gasteiger partial charge in [0.15, 0.2) is 6.17 Å². The summed E-state index contributed by atoms with van der Waals surface area (Å²) in [5, 5.41) is 14.4. The van der Waals surface area contributed by atoms with E-state index in [-0.39, 0.29) is 17.2 Å². The lowest BCUT2D eigenvalue weighted by Crippen LogP contribution is -3.19. The lowest BCUT2D eigenvalue weighted by Gasteiger charge is -2.37. The number of hydroxylamine groups is 1. The van der Waals surface area contributed by atoms with Crippen molar-refractivity contribution >= 4 is 6.03 Å². The normalized spacial score (nSPS) is 29.3. The fraction of sp³-hybridized carbons (Fsp3) is 0.889. The molecule has 8 heteroatoms. The smallest absolute Gasteiger partial charge is 0.322 e. The lowest BCUT2D eigenvalue weighted by atomic mass is 10.1. The number of piperidine rings is 1. The molecule has 2 fully saturated rings. The van der Waals surface area contributed by atoms with Gasteiger partial charge >= 0.3 is 6.03 Å². The van der Waals surface area contributed by atoms with Crippen LogP contribution in [0.1, 0.15) is 19.3 Å². The number of rotatable bonds is 6. The van der Waals surface area contributed by atoms with Crippen LogP contribution in [0, 0.1) is 5.21 Å². The first kappa shape index (κ1) is 12.5. The molecule has 0 spiro atoms. The highest BCUT2D eigenvalue weighted by Gasteiger charge is 2.42. The average molecular weight is 245 g/mol. The summed E-state index contributed by atoms with van der Waals surface area (Å²) in [6, 6.07) is 0.0410. The second-order valence-corrected chi connectivity index (χ2v) is 4.35. The van der Waals surface area contributed by atoms with Gasteiger partial charge in [0.1, 0.15) is 0 Å². The number of carbonyl (C=O) groups excluding carboxylic acids is 1. The molecule has 2 rings (SSSR count). The third-order valence-electron chi connectivity index (χ3n) is 3.10. The maximum Gasteiger partial charge on any atom is 0.322 e. The number of urea groups is 1. The standard InChI is InChI=1S/C9H19N5O3/c10-4-1-5-17-12-14(16)8-3-2-7-6-13(8)9(15)11-7/h7-8,12,14H,1-6,10H2,(H,11,15)/t7-,8-/m1/s1. The monoisotopic (exact) mass is 245 g/mol. The molecule has 98 valence electrons. The van der Waals surface area contributed by atoms with Gasteiger partial charge in [-0.2, -0.15) is 0 Å². The zero-order valence-electron chi connectivity index (χ0n) is 9.65. The second-order valence-electron chi connectivity index (χ2n) is 4.35. The van der Waals surface area contributed by atoms with Crippen LogP contribution >= 0.6 is 0 Å². The van der Waals surface area contributed by atoms with Crippen molar-refractivity contribution in [1.29, 1.82) is 0 Å². The highest BCUT2D eigenvalue weighted by molar-refractivity contribution is 5.77. The maximum absolute atomic E-state index is 11.8. The Morgan fingerprint density at radius 1 is 1.65 bits per heavy atom. The molecule has 0 saturated carbocycles. The number of hydrogen-bond acceptors (Lipinski definition) is 5. The molecule has 0 aromatic heterocycles. The van der Waals surface area contributed by atoms with Crippen molar-refractivity contribution in [2.24, 2.45) is 5.73 Å². The van der Waals surface area contributed by atoms with Gasteiger partial charge < -0.3 is 16.3 Å². The zero-order chi connectivity index (χ0) is 12.3. The van der Waals surface area contributed by atoms with Gasteiger partial charge in [0.25, 0.3) is 0 Å². The molecule has 2 aliphatic heterocycles. The minimum atomic E-state index is -0.411. The molecule has 5 N–H and O–H groups in total. The van der Waals surface area contributed by atoms with E-state index in [2.05, 4.69) is 10.9 Å². The second kappa shape index (κ2) is 5.61. The van der Waals surface area contributed by atoms with Crippen molar-refractivity contribution in [1.82, 2.24) is 15.8 Å². The molecule has 17 heavy (non-hydrogen) atoms. The summed E-state index contributed by atoms with van der Waals surface area (Å²) >= 11 is 0. The molecular weight excluding hydrogens is 226 g/mol. The molecule has 8 nitrogen and oxygen atoms in total. The van der Waals surface area contributed by atoms with Crippen molar-refractivity contribution in [2.45, 2.75) is 31.5 Å². The zero-order valence-corrected chi connectivity index (χ0v) is 9.65. The van der Waals surface area contributed by atoms with Crippen molar-refractivity contribution in [3.05, 3.63) is 5.21 Å². The first-order chi connectivity index (χ1) is 8.22. The van der Waals surface area contributed by atoms with Gasteiger partial charge in [-0.25, -0.2) is 9.97 Å². The average Bonchev–Trinajstić information content (AvgIpc) is 2.61. The topological polar surface area (TPSA) is 107 Å². The van der Waals surface area contributed by atoms with Crippen molar-refractivity contribution in [3.8, 4) is 0 Å². The van der Waals surface area contributed by atoms with Gasteiger partial charge in [0, 0.05) is 19.0 Å². The number of nitrogens with zero attached hydrogens (tertiary/aromatic N) is 1. The number of amides is 2. The van der Waals surface area contributed by atoms with E-state index < -0.39 is 6.17 Å². The Balaban J connectivity index is 1.78. The predicted octanol–water partition coefficient (Wildman–Crippen LogP) is -2.33. The Kier molecular flexibility index (Phi) is 4.13. The van der Waals surface area contributed by atoms with E-state index in [4.69, 9.17) is 10.6 Å². The molecule has 0 radical (unpaired) electrons. The van der Waals surface area contributed by atoms with Crippen LogP contribution in [0.5, 0.6) is 0 Å². The molecule has 2 heterocycles. The van der Waals surface area contributed by atoms with E-state index in [1.165, 1.54) is 0 Å². The summed E-state index contributed by atoms with van der Waals surface area (Å²) in [5.41, 5.74) is 7.68. The molecule has 0 aromatic carbocycles. The van der Waals surface area contributed by atoms with Gasteiger partial charge in [0.2, 0.25) is 0 Å². The lowest BCUT2D eigenvalue weighted by molar-refractivity contribution is -0.961. The van der Waals surface area contributed by atoms with E-state index in [0.29, 0.717) is 32.5 Å². The molecule has 1 unspecified atom stereocenters. The quantitative estimate of drug-likeness (QED) is 0.310. The van der Waals surface area contributed by atoms with Crippen LogP contribution in [0.3, 0.4) is 0 Å². The van der Waals surface area contributed by atoms with E-state index >= 15 is 0 Å². The number of hydrogen-bond donors (Lipinski definition) is 4. The van der Waals surface area contributed by atoms with Crippen LogP contribution in [0.15, 0.2) is 0 Å². The van der Waals surface area contributed by atoms with Crippen molar-refractivity contribution in [3.63, 3.8) is 0 Å². The molecule has 2 saturated heterocycles. The third-order valence-corrected chi connectivity index (χ3v) is 3.10. The Morgan fingerprint density at radius 3 is 3.24 bits per heavy atom. The molecule has 0 aliphatic carbocycles. The van der Waals surface area contributed by atoms with Crippen LogP contribution in [-0.4, -0.2) is 42.8 Å². The fourth-order valence-corrected chi connectivity index (χ4v) is 2.19. The van der Waals surface area contributed by atoms with Crippen molar-refractivity contribution in [2.75, 3.05) is 19.7 Å². The van der Waals surface area contributed by atoms with E-state index in [0.717, 1.165) is 6.42 Å². The number of fused-ring (bicyclic) bond motifs is 2. The Morgan fingerprint density at radius 2 is 2.47 bits per heavy atom. The molecule has 2 amide bonds. The summed E-state index contributed by atoms with van der Waals surface area (Å²) in [6.45, 7) is 1.53. The molecule has 0 aromatic rings. The minimum Gasteiger partial charge on any atom is -0.610 e. The molecular formula is C9H19N5O3. The van der Waals surface area contributed by atoms with Crippen LogP contribution in [0.2, 0.25) is 0 Å². The van der Waals surface area contributed by atoms with Gasteiger partial charge in [-0.1, -0.05) is 0 Å². The van der Waals surface area contributed by atoms with E-state index in [1.807, 2.05) is 0 Å². The highest BCUT2D eigenvalue weighted by atomic mass is 16.8. The van der Waals surface area contributed by atoms with Crippen LogP contribution in [0.4, 0.5) is 4.79 Å². The Hall–Kier alpha value is -0.930. The van der Waals surface area contributed by atoms with Gasteiger partial charge in [-0.3, -0.25) is 9.74 Å². The number of quaternary nitrogens is 1. The highest BCUT2D eigenvalue weighted by Crippen LogP contribution is 2.19. The first-order valence-corrected chi connectivity index (χ1v) is 5.91. The maximum atomic E-state index is 11.8. The Labute approximate surface area is 99.6 Å². The summed E-state index contributed by atoms with van der Waals surface area (Å²) < 4.78 is 0. The number of nitrogens with one attached hydrogen (secondary N) is 3. The summed E-state index contributed by atoms with van der Waals surface area (Å²) in [4.78, 5) is 18.1. The molecule has 2 aliphatic rings. The van der Waals surface area contributed by atoms with E-state index in [9.17, 15) is 10.0 Å². The minimum absolute atomic E-state index is 0.158. The number of nitrogens with two attached hydrogens (primary N) is 1. The van der Waals surface area contributed by atoms with Crippen LogP contribution in [-0.2, 0) is 4.84 Å². The van der Waals surface area contributed by atoms with Gasteiger partial charge in [0.05, 0.1) is 6.61 Å². The van der Waals surface area contributed by atoms with Gasteiger partial charge in [-0.05, 0) is 25.0 Å². The van der Waals surface area contributed by atoms with Gasteiger partial charge in [-0.15, -0.1) is 0 Å². The first-order valence-electron chi connectivity index (χ1n) is 5.91. The van der Waals surface area contributed by atoms with E-state index in [1.54, 1.807) is 4.90 Å². The number of carbonyl (C=O) groups is 1. The molecule has 3 atom stereocenters. The fourth-order valence-electron chi connectivity index (χ4n) is 2.19. The largest absolute Gasteiger partial charge is 0.610 e.